The van der Waals surface area contributed by atoms with Gasteiger partial charge < -0.3 is 5.73 Å². The molecule has 0 aliphatic carbocycles. The van der Waals surface area contributed by atoms with Crippen LogP contribution >= 0.6 is 23.2 Å². The highest BCUT2D eigenvalue weighted by Gasteiger charge is 2.20. The van der Waals surface area contributed by atoms with Crippen LogP contribution in [0.3, 0.4) is 0 Å². The smallest absolute Gasteiger partial charge is 0.365 e. The van der Waals surface area contributed by atoms with E-state index in [1.165, 1.54) is 0 Å². The fraction of sp³-hybridized carbons (Fsp3) is 0. The molecule has 1 aliphatic heterocycles. The molecule has 1 aliphatic rings. The maximum atomic E-state index is 11.0. The Kier molecular flexibility index (Phi) is 2.17. The first kappa shape index (κ1) is 10.0. The Bertz CT molecular complexity index is 610. The van der Waals surface area contributed by atoms with Crippen molar-refractivity contribution < 1.29 is 9.59 Å². The number of pyridine rings is 1. The first-order valence-electron chi connectivity index (χ1n) is 3.67. The number of aromatic nitrogens is 1. The topological polar surface area (TPSA) is 97.8 Å². The van der Waals surface area contributed by atoms with E-state index in [4.69, 9.17) is 28.9 Å². The van der Waals surface area contributed by atoms with Crippen molar-refractivity contribution in [2.75, 3.05) is 0 Å². The number of carbonyl (C=O) groups is 2. The molecule has 0 aromatic carbocycles. The minimum atomic E-state index is -0.839. The zero-order valence-corrected chi connectivity index (χ0v) is 8.50. The molecule has 1 aromatic rings. The summed E-state index contributed by atoms with van der Waals surface area (Å²) in [4.78, 5) is 32.5. The third-order valence-corrected chi connectivity index (χ3v) is 2.26. The molecule has 0 saturated carbocycles. The lowest BCUT2D eigenvalue weighted by Crippen LogP contribution is -2.34. The number of nitrogens with zero attached hydrogens (tertiary/aromatic N) is 3. The van der Waals surface area contributed by atoms with Gasteiger partial charge in [0, 0.05) is 0 Å². The molecule has 15 heavy (non-hydrogen) atoms. The monoisotopic (exact) mass is 244 g/mol. The van der Waals surface area contributed by atoms with Crippen LogP contribution in [-0.4, -0.2) is 16.9 Å². The van der Waals surface area contributed by atoms with Crippen LogP contribution in [0.4, 0.5) is 4.79 Å². The predicted octanol–water partition coefficient (Wildman–Crippen LogP) is -0.140. The molecule has 0 saturated heterocycles. The van der Waals surface area contributed by atoms with E-state index >= 15 is 0 Å². The molecule has 3 amide bonds. The van der Waals surface area contributed by atoms with Crippen molar-refractivity contribution in [1.29, 1.82) is 0 Å². The maximum absolute atomic E-state index is 11.0. The second-order valence-corrected chi connectivity index (χ2v) is 3.35. The SMILES string of the molecule is NC(=O)c1c(Cl)nc(Cl)c2c1=NC(=O)N=2. The Balaban J connectivity index is 3.00. The highest BCUT2D eigenvalue weighted by molar-refractivity contribution is 6.34. The highest BCUT2D eigenvalue weighted by atomic mass is 35.5. The average molecular weight is 245 g/mol. The Morgan fingerprint density at radius 2 is 1.73 bits per heavy atom. The Morgan fingerprint density at radius 3 is 2.33 bits per heavy atom. The summed E-state index contributed by atoms with van der Waals surface area (Å²) >= 11 is 11.3. The van der Waals surface area contributed by atoms with Crippen LogP contribution in [0.15, 0.2) is 9.98 Å². The second-order valence-electron chi connectivity index (χ2n) is 2.64. The van der Waals surface area contributed by atoms with Gasteiger partial charge in [-0.3, -0.25) is 4.79 Å². The molecule has 8 heteroatoms. The molecule has 0 atom stereocenters. The zero-order chi connectivity index (χ0) is 11.2. The molecule has 2 heterocycles. The highest BCUT2D eigenvalue weighted by Crippen LogP contribution is 2.10. The quantitative estimate of drug-likeness (QED) is 0.697. The molecule has 1 aromatic heterocycles. The summed E-state index contributed by atoms with van der Waals surface area (Å²) in [7, 11) is 0. The molecule has 0 spiro atoms. The third-order valence-electron chi connectivity index (χ3n) is 1.72. The van der Waals surface area contributed by atoms with E-state index in [1.807, 2.05) is 0 Å². The lowest BCUT2D eigenvalue weighted by molar-refractivity contribution is 0.0999. The summed E-state index contributed by atoms with van der Waals surface area (Å²) in [5, 5.41) is -0.271. The summed E-state index contributed by atoms with van der Waals surface area (Å²) in [5.74, 6) is -0.839. The molecule has 2 rings (SSSR count). The zero-order valence-electron chi connectivity index (χ0n) is 6.99. The fourth-order valence-electron chi connectivity index (χ4n) is 1.15. The largest absolute Gasteiger partial charge is 0.368 e. The van der Waals surface area contributed by atoms with Crippen LogP contribution < -0.4 is 16.4 Å². The molecule has 0 bridgehead atoms. The van der Waals surface area contributed by atoms with Gasteiger partial charge in [0.1, 0.15) is 21.4 Å². The van der Waals surface area contributed by atoms with Gasteiger partial charge in [-0.05, 0) is 0 Å². The van der Waals surface area contributed by atoms with E-state index in [0.29, 0.717) is 0 Å². The third kappa shape index (κ3) is 1.47. The number of nitrogens with two attached hydrogens (primary N) is 1. The number of hydrogen-bond acceptors (Lipinski definition) is 3. The first-order valence-corrected chi connectivity index (χ1v) is 4.42. The fourth-order valence-corrected chi connectivity index (χ4v) is 1.68. The summed E-state index contributed by atoms with van der Waals surface area (Å²) in [6.45, 7) is 0. The van der Waals surface area contributed by atoms with E-state index in [0.717, 1.165) is 0 Å². The van der Waals surface area contributed by atoms with Gasteiger partial charge in [-0.25, -0.2) is 9.78 Å². The number of carbonyl (C=O) groups excluding carboxylic acids is 2. The van der Waals surface area contributed by atoms with Crippen LogP contribution in [0.2, 0.25) is 10.3 Å². The van der Waals surface area contributed by atoms with Gasteiger partial charge >= 0.3 is 6.03 Å². The molecule has 0 fully saturated rings. The lowest BCUT2D eigenvalue weighted by atomic mass is 10.2. The van der Waals surface area contributed by atoms with Crippen molar-refractivity contribution in [2.45, 2.75) is 0 Å². The number of urea groups is 1. The second kappa shape index (κ2) is 3.25. The molecule has 6 nitrogen and oxygen atoms in total. The first-order chi connectivity index (χ1) is 7.00. The number of hydrogen-bond donors (Lipinski definition) is 1. The number of amides is 3. The number of fused-ring (bicyclic) bond motifs is 1. The summed E-state index contributed by atoms with van der Waals surface area (Å²) in [6.07, 6.45) is 0. The van der Waals surface area contributed by atoms with Crippen LogP contribution in [0.1, 0.15) is 10.4 Å². The Hall–Kier alpha value is -1.53. The van der Waals surface area contributed by atoms with E-state index < -0.39 is 11.9 Å². The van der Waals surface area contributed by atoms with Crippen LogP contribution in [0.5, 0.6) is 0 Å². The van der Waals surface area contributed by atoms with Crippen molar-refractivity contribution in [3.05, 3.63) is 26.6 Å². The molecule has 0 radical (unpaired) electrons. The number of rotatable bonds is 1. The normalized spacial score (nSPS) is 13.1. The van der Waals surface area contributed by atoms with Crippen LogP contribution in [-0.2, 0) is 0 Å². The van der Waals surface area contributed by atoms with Crippen molar-refractivity contribution in [2.24, 2.45) is 15.7 Å². The number of primary amides is 1. The standard InChI is InChI=1S/C7H2Cl2N4O2/c8-4-1(6(10)14)2-3(5(9)13-4)12-7(15)11-2/h(H2,10,14). The molecular weight excluding hydrogens is 243 g/mol. The van der Waals surface area contributed by atoms with E-state index in [1.54, 1.807) is 0 Å². The van der Waals surface area contributed by atoms with Crippen molar-refractivity contribution in [1.82, 2.24) is 4.98 Å². The molecular formula is C7H2Cl2N4O2. The summed E-state index contributed by atoms with van der Waals surface area (Å²) in [5.41, 5.74) is 4.92. The predicted molar refractivity (Wildman–Crippen MR) is 50.5 cm³/mol. The lowest BCUT2D eigenvalue weighted by Gasteiger charge is -1.98. The maximum Gasteiger partial charge on any atom is 0.368 e. The minimum Gasteiger partial charge on any atom is -0.365 e. The molecule has 76 valence electrons. The van der Waals surface area contributed by atoms with E-state index in [-0.39, 0.29) is 26.6 Å². The summed E-state index contributed by atoms with van der Waals surface area (Å²) < 4.78 is 0. The van der Waals surface area contributed by atoms with Crippen LogP contribution in [0.25, 0.3) is 0 Å². The van der Waals surface area contributed by atoms with Crippen molar-refractivity contribution >= 4 is 35.1 Å². The van der Waals surface area contributed by atoms with Gasteiger partial charge in [0.15, 0.2) is 5.15 Å². The van der Waals surface area contributed by atoms with Gasteiger partial charge in [-0.1, -0.05) is 23.2 Å². The van der Waals surface area contributed by atoms with E-state index in [2.05, 4.69) is 15.0 Å². The Labute approximate surface area is 92.4 Å². The molecule has 0 unspecified atom stereocenters. The van der Waals surface area contributed by atoms with E-state index in [9.17, 15) is 9.59 Å². The number of halogens is 2. The average Bonchev–Trinajstić information content (AvgIpc) is 2.45. The molecule has 2 N–H and O–H groups in total. The van der Waals surface area contributed by atoms with Crippen molar-refractivity contribution in [3.8, 4) is 0 Å². The summed E-state index contributed by atoms with van der Waals surface area (Å²) in [6, 6.07) is -0.765. The van der Waals surface area contributed by atoms with Gasteiger partial charge in [0.05, 0.1) is 0 Å². The van der Waals surface area contributed by atoms with Crippen LogP contribution in [0, 0.1) is 0 Å². The minimum absolute atomic E-state index is 0.0162. The van der Waals surface area contributed by atoms with Gasteiger partial charge in [-0.15, -0.1) is 0 Å². The van der Waals surface area contributed by atoms with Gasteiger partial charge in [0.2, 0.25) is 0 Å². The van der Waals surface area contributed by atoms with Crippen molar-refractivity contribution in [3.63, 3.8) is 0 Å². The Morgan fingerprint density at radius 1 is 1.13 bits per heavy atom. The van der Waals surface area contributed by atoms with Gasteiger partial charge in [-0.2, -0.15) is 9.98 Å². The van der Waals surface area contributed by atoms with Gasteiger partial charge in [0.25, 0.3) is 5.91 Å².